The van der Waals surface area contributed by atoms with E-state index in [1.807, 2.05) is 66.7 Å². The fourth-order valence-electron chi connectivity index (χ4n) is 2.39. The van der Waals surface area contributed by atoms with Crippen molar-refractivity contribution in [1.82, 2.24) is 5.32 Å². The highest BCUT2D eigenvalue weighted by molar-refractivity contribution is 7.81. The quantitative estimate of drug-likeness (QED) is 0.824. The Balaban J connectivity index is 2.13. The average Bonchev–Trinajstić information content (AvgIpc) is 2.55. The number of thiol groups is 1. The minimum absolute atomic E-state index is 0.301. The standard InChI is InChI=1S/C18H14N2S/c19-12-16-15(13-7-3-1-4-8-13)11-17(20-18(16)21)14-9-5-2-6-10-14/h1-11,18,20-21H. The second-order valence-electron chi connectivity index (χ2n) is 4.78. The van der Waals surface area contributed by atoms with Gasteiger partial charge in [-0.15, -0.1) is 12.6 Å². The van der Waals surface area contributed by atoms with Crippen molar-refractivity contribution in [3.8, 4) is 6.07 Å². The van der Waals surface area contributed by atoms with Gasteiger partial charge in [0.25, 0.3) is 0 Å². The van der Waals surface area contributed by atoms with Crippen molar-refractivity contribution in [2.24, 2.45) is 0 Å². The van der Waals surface area contributed by atoms with Crippen LogP contribution >= 0.6 is 12.6 Å². The van der Waals surface area contributed by atoms with E-state index in [0.29, 0.717) is 5.57 Å². The van der Waals surface area contributed by atoms with Crippen LogP contribution in [0.15, 0.2) is 72.3 Å². The number of allylic oxidation sites excluding steroid dienone is 2. The van der Waals surface area contributed by atoms with Crippen LogP contribution < -0.4 is 5.32 Å². The first-order valence-electron chi connectivity index (χ1n) is 6.71. The predicted octanol–water partition coefficient (Wildman–Crippen LogP) is 3.86. The van der Waals surface area contributed by atoms with Crippen LogP contribution in [0.2, 0.25) is 0 Å². The molecular weight excluding hydrogens is 276 g/mol. The van der Waals surface area contributed by atoms with Crippen LogP contribution in [0.4, 0.5) is 0 Å². The highest BCUT2D eigenvalue weighted by Gasteiger charge is 2.21. The molecule has 0 aromatic heterocycles. The lowest BCUT2D eigenvalue weighted by atomic mass is 9.95. The van der Waals surface area contributed by atoms with Crippen molar-refractivity contribution in [3.63, 3.8) is 0 Å². The molecule has 21 heavy (non-hydrogen) atoms. The summed E-state index contributed by atoms with van der Waals surface area (Å²) in [7, 11) is 0. The van der Waals surface area contributed by atoms with Crippen molar-refractivity contribution in [2.75, 3.05) is 0 Å². The number of nitrogens with one attached hydrogen (secondary N) is 1. The fraction of sp³-hybridized carbons (Fsp3) is 0.0556. The van der Waals surface area contributed by atoms with Gasteiger partial charge in [-0.2, -0.15) is 5.26 Å². The summed E-state index contributed by atoms with van der Waals surface area (Å²) in [6.45, 7) is 0. The van der Waals surface area contributed by atoms with Crippen LogP contribution in [0.25, 0.3) is 11.3 Å². The Morgan fingerprint density at radius 1 is 0.905 bits per heavy atom. The molecule has 1 N–H and O–H groups in total. The van der Waals surface area contributed by atoms with Crippen LogP contribution in [0.1, 0.15) is 11.1 Å². The zero-order valence-electron chi connectivity index (χ0n) is 11.3. The van der Waals surface area contributed by atoms with Crippen LogP contribution in [0, 0.1) is 11.3 Å². The van der Waals surface area contributed by atoms with Gasteiger partial charge in [0.1, 0.15) is 5.37 Å². The van der Waals surface area contributed by atoms with E-state index in [1.54, 1.807) is 0 Å². The van der Waals surface area contributed by atoms with E-state index in [4.69, 9.17) is 0 Å². The number of hydrogen-bond donors (Lipinski definition) is 2. The van der Waals surface area contributed by atoms with Gasteiger partial charge in [0, 0.05) is 11.3 Å². The summed E-state index contributed by atoms with van der Waals surface area (Å²) < 4.78 is 0. The molecule has 102 valence electrons. The smallest absolute Gasteiger partial charge is 0.106 e. The van der Waals surface area contributed by atoms with Gasteiger partial charge in [0.05, 0.1) is 11.6 Å². The van der Waals surface area contributed by atoms with Crippen LogP contribution in [0.5, 0.6) is 0 Å². The van der Waals surface area contributed by atoms with Gasteiger partial charge in [-0.3, -0.25) is 0 Å². The molecule has 0 spiro atoms. The fourth-order valence-corrected chi connectivity index (χ4v) is 2.73. The maximum atomic E-state index is 9.42. The number of nitriles is 1. The van der Waals surface area contributed by atoms with Gasteiger partial charge in [0.15, 0.2) is 0 Å². The molecule has 2 aromatic rings. The second kappa shape index (κ2) is 5.90. The first kappa shape index (κ1) is 13.5. The third-order valence-electron chi connectivity index (χ3n) is 3.43. The Kier molecular flexibility index (Phi) is 3.81. The number of dihydropyridines is 1. The molecule has 1 unspecified atom stereocenters. The first-order valence-corrected chi connectivity index (χ1v) is 7.22. The van der Waals surface area contributed by atoms with Gasteiger partial charge in [-0.1, -0.05) is 60.7 Å². The van der Waals surface area contributed by atoms with Gasteiger partial charge >= 0.3 is 0 Å². The van der Waals surface area contributed by atoms with Crippen LogP contribution in [-0.2, 0) is 0 Å². The van der Waals surface area contributed by atoms with E-state index in [2.05, 4.69) is 24.0 Å². The molecule has 1 atom stereocenters. The van der Waals surface area contributed by atoms with Crippen LogP contribution in [-0.4, -0.2) is 5.37 Å². The topological polar surface area (TPSA) is 35.8 Å². The van der Waals surface area contributed by atoms with Gasteiger partial charge in [-0.05, 0) is 17.2 Å². The normalized spacial score (nSPS) is 17.7. The molecule has 1 aliphatic heterocycles. The van der Waals surface area contributed by atoms with Crippen molar-refractivity contribution < 1.29 is 0 Å². The molecule has 2 aromatic carbocycles. The van der Waals surface area contributed by atoms with E-state index in [1.165, 1.54) is 0 Å². The summed E-state index contributed by atoms with van der Waals surface area (Å²) in [5.74, 6) is 0. The van der Waals surface area contributed by atoms with E-state index in [0.717, 1.165) is 22.4 Å². The molecule has 1 aliphatic rings. The molecule has 3 heteroatoms. The van der Waals surface area contributed by atoms with E-state index in [9.17, 15) is 5.26 Å². The number of nitrogens with zero attached hydrogens (tertiary/aromatic N) is 1. The maximum absolute atomic E-state index is 9.42. The molecule has 0 saturated heterocycles. The Morgan fingerprint density at radius 3 is 2.05 bits per heavy atom. The monoisotopic (exact) mass is 290 g/mol. The Bertz CT molecular complexity index is 740. The molecule has 0 saturated carbocycles. The Morgan fingerprint density at radius 2 is 1.48 bits per heavy atom. The lowest BCUT2D eigenvalue weighted by Gasteiger charge is -2.24. The zero-order chi connectivity index (χ0) is 14.7. The summed E-state index contributed by atoms with van der Waals surface area (Å²) >= 11 is 4.52. The maximum Gasteiger partial charge on any atom is 0.106 e. The van der Waals surface area contributed by atoms with Crippen molar-refractivity contribution in [3.05, 3.63) is 83.4 Å². The number of rotatable bonds is 2. The van der Waals surface area contributed by atoms with Crippen molar-refractivity contribution in [1.29, 1.82) is 5.26 Å². The summed E-state index contributed by atoms with van der Waals surface area (Å²) in [5.41, 5.74) is 4.67. The highest BCUT2D eigenvalue weighted by Crippen LogP contribution is 2.31. The van der Waals surface area contributed by atoms with E-state index >= 15 is 0 Å². The van der Waals surface area contributed by atoms with Gasteiger partial charge < -0.3 is 5.32 Å². The molecule has 0 amide bonds. The van der Waals surface area contributed by atoms with E-state index < -0.39 is 0 Å². The Labute approximate surface area is 129 Å². The lowest BCUT2D eigenvalue weighted by molar-refractivity contribution is 0.916. The molecule has 0 fully saturated rings. The largest absolute Gasteiger partial charge is 0.369 e. The molecule has 0 aliphatic carbocycles. The lowest BCUT2D eigenvalue weighted by Crippen LogP contribution is -2.28. The van der Waals surface area contributed by atoms with Crippen molar-refractivity contribution >= 4 is 23.9 Å². The molecule has 0 radical (unpaired) electrons. The van der Waals surface area contributed by atoms with E-state index in [-0.39, 0.29) is 5.37 Å². The molecular formula is C18H14N2S. The third kappa shape index (κ3) is 2.72. The predicted molar refractivity (Wildman–Crippen MR) is 89.3 cm³/mol. The molecule has 1 heterocycles. The summed E-state index contributed by atoms with van der Waals surface area (Å²) in [6.07, 6.45) is 2.02. The minimum atomic E-state index is -0.301. The Hall–Kier alpha value is -2.44. The zero-order valence-corrected chi connectivity index (χ0v) is 12.2. The SMILES string of the molecule is N#CC1=C(c2ccccc2)C=C(c2ccccc2)NC1S. The summed E-state index contributed by atoms with van der Waals surface area (Å²) in [4.78, 5) is 0. The number of benzene rings is 2. The average molecular weight is 290 g/mol. The summed E-state index contributed by atoms with van der Waals surface area (Å²) in [5, 5.41) is 12.4. The molecule has 0 bridgehead atoms. The third-order valence-corrected chi connectivity index (χ3v) is 3.82. The van der Waals surface area contributed by atoms with Crippen LogP contribution in [0.3, 0.4) is 0 Å². The van der Waals surface area contributed by atoms with Gasteiger partial charge in [0.2, 0.25) is 0 Å². The first-order chi connectivity index (χ1) is 10.3. The molecule has 2 nitrogen and oxygen atoms in total. The highest BCUT2D eigenvalue weighted by atomic mass is 32.1. The second-order valence-corrected chi connectivity index (χ2v) is 5.29. The summed E-state index contributed by atoms with van der Waals surface area (Å²) in [6, 6.07) is 22.3. The molecule has 3 rings (SSSR count). The van der Waals surface area contributed by atoms with Gasteiger partial charge in [-0.25, -0.2) is 0 Å². The van der Waals surface area contributed by atoms with Crippen molar-refractivity contribution in [2.45, 2.75) is 5.37 Å². The number of hydrogen-bond acceptors (Lipinski definition) is 3. The minimum Gasteiger partial charge on any atom is -0.369 e.